The highest BCUT2D eigenvalue weighted by Gasteiger charge is 2.05. The second-order valence-electron chi connectivity index (χ2n) is 3.01. The summed E-state index contributed by atoms with van der Waals surface area (Å²) >= 11 is 2.87. The van der Waals surface area contributed by atoms with Crippen molar-refractivity contribution >= 4 is 29.2 Å². The van der Waals surface area contributed by atoms with Crippen molar-refractivity contribution in [2.45, 2.75) is 23.2 Å². The lowest BCUT2D eigenvalue weighted by Crippen LogP contribution is -2.03. The van der Waals surface area contributed by atoms with Gasteiger partial charge < -0.3 is 5.32 Å². The first-order valence-electron chi connectivity index (χ1n) is 4.82. The molecular formula is C9H11N5S2. The molecule has 0 aliphatic carbocycles. The summed E-state index contributed by atoms with van der Waals surface area (Å²) in [6.45, 7) is 4.78. The first-order valence-corrected chi connectivity index (χ1v) is 6.41. The third kappa shape index (κ3) is 2.89. The molecule has 2 heterocycles. The Morgan fingerprint density at radius 1 is 1.44 bits per heavy atom. The van der Waals surface area contributed by atoms with E-state index in [0.717, 1.165) is 21.6 Å². The molecule has 0 aliphatic rings. The number of nitrogens with one attached hydrogen (secondary N) is 1. The van der Waals surface area contributed by atoms with E-state index in [-0.39, 0.29) is 0 Å². The summed E-state index contributed by atoms with van der Waals surface area (Å²) in [7, 11) is 0. The van der Waals surface area contributed by atoms with Gasteiger partial charge >= 0.3 is 0 Å². The predicted molar refractivity (Wildman–Crippen MR) is 65.0 cm³/mol. The number of hydrogen-bond donors (Lipinski definition) is 1. The van der Waals surface area contributed by atoms with Crippen LogP contribution in [0, 0.1) is 6.92 Å². The van der Waals surface area contributed by atoms with Gasteiger partial charge in [-0.25, -0.2) is 15.0 Å². The first kappa shape index (κ1) is 11.3. The molecule has 16 heavy (non-hydrogen) atoms. The molecule has 1 N–H and O–H groups in total. The van der Waals surface area contributed by atoms with Crippen molar-refractivity contribution in [3.8, 4) is 0 Å². The van der Waals surface area contributed by atoms with Gasteiger partial charge in [0.1, 0.15) is 11.4 Å². The Labute approximate surface area is 102 Å². The minimum absolute atomic E-state index is 0.662. The molecule has 0 unspecified atom stereocenters. The molecule has 84 valence electrons. The summed E-state index contributed by atoms with van der Waals surface area (Å²) in [5, 5.41) is 3.99. The Kier molecular flexibility index (Phi) is 3.68. The van der Waals surface area contributed by atoms with Crippen molar-refractivity contribution in [3.63, 3.8) is 0 Å². The lowest BCUT2D eigenvalue weighted by atomic mass is 10.5. The van der Waals surface area contributed by atoms with Crippen LogP contribution in [0.4, 0.5) is 5.95 Å². The van der Waals surface area contributed by atoms with Crippen molar-refractivity contribution in [3.05, 3.63) is 18.1 Å². The van der Waals surface area contributed by atoms with Crippen LogP contribution in [0.25, 0.3) is 0 Å². The Hall–Kier alpha value is -1.21. The molecule has 0 aliphatic heterocycles. The maximum absolute atomic E-state index is 4.38. The van der Waals surface area contributed by atoms with Crippen molar-refractivity contribution in [1.29, 1.82) is 0 Å². The highest BCUT2D eigenvalue weighted by molar-refractivity contribution is 8.00. The summed E-state index contributed by atoms with van der Waals surface area (Å²) < 4.78 is 4.84. The Morgan fingerprint density at radius 3 is 3.00 bits per heavy atom. The normalized spacial score (nSPS) is 10.4. The number of nitrogens with zero attached hydrogens (tertiary/aromatic N) is 4. The number of aromatic nitrogens is 4. The molecule has 2 rings (SSSR count). The quantitative estimate of drug-likeness (QED) is 0.843. The van der Waals surface area contributed by atoms with Crippen LogP contribution in [-0.2, 0) is 0 Å². The molecule has 0 atom stereocenters. The lowest BCUT2D eigenvalue weighted by Gasteiger charge is -2.04. The van der Waals surface area contributed by atoms with E-state index in [1.165, 1.54) is 23.3 Å². The van der Waals surface area contributed by atoms with Gasteiger partial charge in [0.25, 0.3) is 0 Å². The summed E-state index contributed by atoms with van der Waals surface area (Å²) in [5.74, 6) is 0.662. The molecule has 2 aromatic heterocycles. The zero-order valence-corrected chi connectivity index (χ0v) is 10.6. The third-order valence-corrected chi connectivity index (χ3v) is 3.33. The van der Waals surface area contributed by atoms with E-state index >= 15 is 0 Å². The molecule has 0 radical (unpaired) electrons. The maximum Gasteiger partial charge on any atom is 0.223 e. The molecule has 0 spiro atoms. The molecule has 7 heteroatoms. The fraction of sp³-hybridized carbons (Fsp3) is 0.333. The van der Waals surface area contributed by atoms with E-state index in [1.54, 1.807) is 6.33 Å². The summed E-state index contributed by atoms with van der Waals surface area (Å²) in [4.78, 5) is 12.8. The third-order valence-electron chi connectivity index (χ3n) is 1.70. The highest BCUT2D eigenvalue weighted by atomic mass is 32.2. The minimum Gasteiger partial charge on any atom is -0.354 e. The van der Waals surface area contributed by atoms with Gasteiger partial charge in [-0.1, -0.05) is 0 Å². The number of rotatable bonds is 4. The molecule has 0 aromatic carbocycles. The zero-order chi connectivity index (χ0) is 11.4. The smallest absolute Gasteiger partial charge is 0.223 e. The summed E-state index contributed by atoms with van der Waals surface area (Å²) in [5.41, 5.74) is 0.943. The van der Waals surface area contributed by atoms with Crippen molar-refractivity contribution < 1.29 is 0 Å². The van der Waals surface area contributed by atoms with Gasteiger partial charge in [0.15, 0.2) is 4.34 Å². The summed E-state index contributed by atoms with van der Waals surface area (Å²) in [6, 6.07) is 1.94. The van der Waals surface area contributed by atoms with Gasteiger partial charge in [-0.2, -0.15) is 4.37 Å². The van der Waals surface area contributed by atoms with Gasteiger partial charge in [0.2, 0.25) is 5.95 Å². The van der Waals surface area contributed by atoms with Crippen LogP contribution in [0.3, 0.4) is 0 Å². The van der Waals surface area contributed by atoms with E-state index < -0.39 is 0 Å². The van der Waals surface area contributed by atoms with Crippen LogP contribution >= 0.6 is 23.3 Å². The average molecular weight is 253 g/mol. The van der Waals surface area contributed by atoms with Crippen LogP contribution in [0.1, 0.15) is 12.6 Å². The number of anilines is 1. The molecule has 0 amide bonds. The van der Waals surface area contributed by atoms with Crippen LogP contribution in [0.5, 0.6) is 0 Å². The molecule has 5 nitrogen and oxygen atoms in total. The Balaban J connectivity index is 2.20. The van der Waals surface area contributed by atoms with Gasteiger partial charge in [0.05, 0.1) is 0 Å². The minimum atomic E-state index is 0.662. The number of aryl methyl sites for hydroxylation is 1. The lowest BCUT2D eigenvalue weighted by molar-refractivity contribution is 0.983. The SMILES string of the molecule is CCNc1nc(C)cc(Sc2ncns2)n1. The van der Waals surface area contributed by atoms with Gasteiger partial charge in [-0.15, -0.1) is 0 Å². The molecule has 0 saturated heterocycles. The van der Waals surface area contributed by atoms with Crippen LogP contribution < -0.4 is 5.32 Å². The van der Waals surface area contributed by atoms with Crippen LogP contribution in [0.15, 0.2) is 21.8 Å². The van der Waals surface area contributed by atoms with Crippen LogP contribution in [0.2, 0.25) is 0 Å². The van der Waals surface area contributed by atoms with Crippen molar-refractivity contribution in [1.82, 2.24) is 19.3 Å². The van der Waals surface area contributed by atoms with E-state index in [4.69, 9.17) is 0 Å². The van der Waals surface area contributed by atoms with E-state index in [0.29, 0.717) is 5.95 Å². The van der Waals surface area contributed by atoms with Crippen molar-refractivity contribution in [2.24, 2.45) is 0 Å². The van der Waals surface area contributed by atoms with Gasteiger partial charge in [-0.05, 0) is 43.2 Å². The van der Waals surface area contributed by atoms with Gasteiger partial charge in [0, 0.05) is 12.2 Å². The highest BCUT2D eigenvalue weighted by Crippen LogP contribution is 2.27. The maximum atomic E-state index is 4.38. The van der Waals surface area contributed by atoms with E-state index in [1.807, 2.05) is 19.9 Å². The first-order chi connectivity index (χ1) is 7.78. The second-order valence-corrected chi connectivity index (χ2v) is 5.06. The molecule has 0 bridgehead atoms. The number of hydrogen-bond acceptors (Lipinski definition) is 7. The average Bonchev–Trinajstić information content (AvgIpc) is 2.70. The second kappa shape index (κ2) is 5.22. The molecule has 0 saturated carbocycles. The van der Waals surface area contributed by atoms with E-state index in [2.05, 4.69) is 24.6 Å². The Morgan fingerprint density at radius 2 is 2.31 bits per heavy atom. The molecule has 2 aromatic rings. The van der Waals surface area contributed by atoms with Gasteiger partial charge in [-0.3, -0.25) is 0 Å². The fourth-order valence-corrected chi connectivity index (χ4v) is 2.58. The standard InChI is InChI=1S/C9H11N5S2/c1-3-10-8-13-6(2)4-7(14-8)15-9-11-5-12-16-9/h4-5H,3H2,1-2H3,(H,10,13,14). The molecule has 0 fully saturated rings. The van der Waals surface area contributed by atoms with Crippen molar-refractivity contribution in [2.75, 3.05) is 11.9 Å². The largest absolute Gasteiger partial charge is 0.354 e. The monoisotopic (exact) mass is 253 g/mol. The summed E-state index contributed by atoms with van der Waals surface area (Å²) in [6.07, 6.45) is 1.55. The predicted octanol–water partition coefficient (Wildman–Crippen LogP) is 2.22. The Bertz CT molecular complexity index is 457. The fourth-order valence-electron chi connectivity index (χ4n) is 1.13. The topological polar surface area (TPSA) is 63.6 Å². The van der Waals surface area contributed by atoms with Crippen LogP contribution in [-0.4, -0.2) is 25.9 Å². The van der Waals surface area contributed by atoms with E-state index in [9.17, 15) is 0 Å². The zero-order valence-electron chi connectivity index (χ0n) is 8.97. The molecular weight excluding hydrogens is 242 g/mol.